The highest BCUT2D eigenvalue weighted by atomic mass is 79.9. The molecule has 1 aromatic heterocycles. The molecular weight excluding hydrogens is 306 g/mol. The van der Waals surface area contributed by atoms with Crippen LogP contribution in [0.25, 0.3) is 0 Å². The van der Waals surface area contributed by atoms with Gasteiger partial charge in [-0.15, -0.1) is 0 Å². The maximum atomic E-state index is 6.27. The molecule has 0 radical (unpaired) electrons. The minimum atomic E-state index is -0.0284. The van der Waals surface area contributed by atoms with E-state index in [-0.39, 0.29) is 6.04 Å². The molecule has 1 aromatic carbocycles. The van der Waals surface area contributed by atoms with E-state index in [9.17, 15) is 0 Å². The van der Waals surface area contributed by atoms with E-state index in [1.807, 2.05) is 42.2 Å². The highest BCUT2D eigenvalue weighted by Crippen LogP contribution is 2.28. The minimum Gasteiger partial charge on any atom is -0.497 e. The first-order chi connectivity index (χ1) is 9.11. The molecule has 5 heteroatoms. The van der Waals surface area contributed by atoms with Crippen LogP contribution in [0.2, 0.25) is 0 Å². The average Bonchev–Trinajstić information content (AvgIpc) is 2.82. The fraction of sp³-hybridized carbons (Fsp3) is 0.357. The van der Waals surface area contributed by atoms with Crippen molar-refractivity contribution in [1.82, 2.24) is 9.78 Å². The first-order valence-corrected chi connectivity index (χ1v) is 6.97. The predicted molar refractivity (Wildman–Crippen MR) is 79.2 cm³/mol. The number of rotatable bonds is 5. The van der Waals surface area contributed by atoms with Crippen LogP contribution < -0.4 is 10.5 Å². The van der Waals surface area contributed by atoms with Crippen LogP contribution in [0, 0.1) is 0 Å². The first-order valence-electron chi connectivity index (χ1n) is 6.17. The molecule has 0 bridgehead atoms. The highest BCUT2D eigenvalue weighted by Gasteiger charge is 2.12. The van der Waals surface area contributed by atoms with Crippen molar-refractivity contribution in [2.24, 2.45) is 12.8 Å². The second-order valence-corrected chi connectivity index (χ2v) is 5.33. The van der Waals surface area contributed by atoms with Crippen LogP contribution in [0.15, 0.2) is 34.9 Å². The second kappa shape index (κ2) is 6.21. The van der Waals surface area contributed by atoms with Crippen molar-refractivity contribution in [3.05, 3.63) is 46.2 Å². The maximum Gasteiger partial charge on any atom is 0.119 e. The fourth-order valence-electron chi connectivity index (χ4n) is 2.04. The van der Waals surface area contributed by atoms with Crippen LogP contribution in [-0.4, -0.2) is 16.9 Å². The average molecular weight is 324 g/mol. The Hall–Kier alpha value is -1.33. The summed E-state index contributed by atoms with van der Waals surface area (Å²) in [7, 11) is 3.61. The van der Waals surface area contributed by atoms with Crippen molar-refractivity contribution in [3.8, 4) is 5.75 Å². The number of methoxy groups -OCH3 is 1. The molecule has 0 aliphatic heterocycles. The summed E-state index contributed by atoms with van der Waals surface area (Å²) in [5.41, 5.74) is 8.53. The Labute approximate surface area is 121 Å². The molecule has 1 heterocycles. The quantitative estimate of drug-likeness (QED) is 0.920. The summed E-state index contributed by atoms with van der Waals surface area (Å²) < 4.78 is 8.14. The lowest BCUT2D eigenvalue weighted by Crippen LogP contribution is -2.13. The zero-order chi connectivity index (χ0) is 13.8. The molecule has 0 spiro atoms. The molecule has 4 nitrogen and oxygen atoms in total. The summed E-state index contributed by atoms with van der Waals surface area (Å²) in [5, 5.41) is 4.16. The standard InChI is InChI=1S/C14H18BrN3O/c1-18-10(7-8-17-18)3-6-14(16)12-9-11(19-2)4-5-13(12)15/h4-5,7-9,14H,3,6,16H2,1-2H3. The van der Waals surface area contributed by atoms with E-state index in [0.29, 0.717) is 0 Å². The Kier molecular flexibility index (Phi) is 4.61. The Morgan fingerprint density at radius 1 is 1.42 bits per heavy atom. The lowest BCUT2D eigenvalue weighted by Gasteiger charge is -2.15. The lowest BCUT2D eigenvalue weighted by atomic mass is 10.0. The van der Waals surface area contributed by atoms with E-state index in [2.05, 4.69) is 21.0 Å². The largest absolute Gasteiger partial charge is 0.497 e. The molecule has 0 fully saturated rings. The molecule has 0 saturated heterocycles. The van der Waals surface area contributed by atoms with E-state index >= 15 is 0 Å². The van der Waals surface area contributed by atoms with Gasteiger partial charge in [0.2, 0.25) is 0 Å². The van der Waals surface area contributed by atoms with Gasteiger partial charge in [0.15, 0.2) is 0 Å². The van der Waals surface area contributed by atoms with Crippen molar-refractivity contribution in [2.75, 3.05) is 7.11 Å². The fourth-order valence-corrected chi connectivity index (χ4v) is 2.58. The van der Waals surface area contributed by atoms with Crippen LogP contribution in [0.4, 0.5) is 0 Å². The molecule has 1 unspecified atom stereocenters. The molecular formula is C14H18BrN3O. The second-order valence-electron chi connectivity index (χ2n) is 4.48. The van der Waals surface area contributed by atoms with Gasteiger partial charge in [-0.2, -0.15) is 5.10 Å². The number of nitrogens with two attached hydrogens (primary N) is 1. The van der Waals surface area contributed by atoms with Crippen LogP contribution in [0.3, 0.4) is 0 Å². The summed E-state index contributed by atoms with van der Waals surface area (Å²) in [6.07, 6.45) is 3.58. The van der Waals surface area contributed by atoms with E-state index in [0.717, 1.165) is 28.6 Å². The topological polar surface area (TPSA) is 53.1 Å². The Morgan fingerprint density at radius 2 is 2.21 bits per heavy atom. The van der Waals surface area contributed by atoms with Crippen LogP contribution >= 0.6 is 15.9 Å². The van der Waals surface area contributed by atoms with Gasteiger partial charge in [0.05, 0.1) is 7.11 Å². The monoisotopic (exact) mass is 323 g/mol. The van der Waals surface area contributed by atoms with Gasteiger partial charge >= 0.3 is 0 Å². The number of aromatic nitrogens is 2. The van der Waals surface area contributed by atoms with Crippen LogP contribution in [0.5, 0.6) is 5.75 Å². The number of hydrogen-bond donors (Lipinski definition) is 1. The molecule has 2 rings (SSSR count). The normalized spacial score (nSPS) is 12.4. The molecule has 0 aliphatic rings. The van der Waals surface area contributed by atoms with Gasteiger partial charge in [-0.1, -0.05) is 15.9 Å². The Bertz CT molecular complexity index is 553. The van der Waals surface area contributed by atoms with E-state index in [1.54, 1.807) is 7.11 Å². The molecule has 102 valence electrons. The summed E-state index contributed by atoms with van der Waals surface area (Å²) in [6.45, 7) is 0. The van der Waals surface area contributed by atoms with Gasteiger partial charge in [-0.25, -0.2) is 0 Å². The third kappa shape index (κ3) is 3.36. The number of benzene rings is 1. The zero-order valence-electron chi connectivity index (χ0n) is 11.1. The molecule has 19 heavy (non-hydrogen) atoms. The summed E-state index contributed by atoms with van der Waals surface area (Å²) in [6, 6.07) is 7.87. The van der Waals surface area contributed by atoms with Gasteiger partial charge in [0.1, 0.15) is 5.75 Å². The van der Waals surface area contributed by atoms with Crippen molar-refractivity contribution < 1.29 is 4.74 Å². The first kappa shape index (κ1) is 14.1. The van der Waals surface area contributed by atoms with Gasteiger partial charge in [-0.05, 0) is 42.7 Å². The SMILES string of the molecule is COc1ccc(Br)c(C(N)CCc2ccnn2C)c1. The minimum absolute atomic E-state index is 0.0284. The summed E-state index contributed by atoms with van der Waals surface area (Å²) in [4.78, 5) is 0. The number of halogens is 1. The van der Waals surface area contributed by atoms with E-state index in [1.165, 1.54) is 5.69 Å². The number of ether oxygens (including phenoxy) is 1. The smallest absolute Gasteiger partial charge is 0.119 e. The summed E-state index contributed by atoms with van der Waals surface area (Å²) >= 11 is 3.54. The zero-order valence-corrected chi connectivity index (χ0v) is 12.7. The van der Waals surface area contributed by atoms with Crippen LogP contribution in [-0.2, 0) is 13.5 Å². The van der Waals surface area contributed by atoms with Gasteiger partial charge in [0.25, 0.3) is 0 Å². The maximum absolute atomic E-state index is 6.27. The lowest BCUT2D eigenvalue weighted by molar-refractivity contribution is 0.413. The molecule has 2 aromatic rings. The molecule has 2 N–H and O–H groups in total. The molecule has 0 saturated carbocycles. The number of nitrogens with zero attached hydrogens (tertiary/aromatic N) is 2. The van der Waals surface area contributed by atoms with Crippen molar-refractivity contribution in [3.63, 3.8) is 0 Å². The Morgan fingerprint density at radius 3 is 2.84 bits per heavy atom. The van der Waals surface area contributed by atoms with Gasteiger partial charge < -0.3 is 10.5 Å². The highest BCUT2D eigenvalue weighted by molar-refractivity contribution is 9.10. The van der Waals surface area contributed by atoms with Crippen molar-refractivity contribution in [2.45, 2.75) is 18.9 Å². The van der Waals surface area contributed by atoms with Gasteiger partial charge in [0, 0.05) is 29.5 Å². The van der Waals surface area contributed by atoms with Gasteiger partial charge in [-0.3, -0.25) is 4.68 Å². The third-order valence-corrected chi connectivity index (χ3v) is 3.96. The molecule has 0 aliphatic carbocycles. The van der Waals surface area contributed by atoms with Crippen LogP contribution in [0.1, 0.15) is 23.7 Å². The van der Waals surface area contributed by atoms with Crippen molar-refractivity contribution >= 4 is 15.9 Å². The third-order valence-electron chi connectivity index (χ3n) is 3.24. The predicted octanol–water partition coefficient (Wildman–Crippen LogP) is 2.82. The number of hydrogen-bond acceptors (Lipinski definition) is 3. The van der Waals surface area contributed by atoms with Crippen molar-refractivity contribution in [1.29, 1.82) is 0 Å². The number of aryl methyl sites for hydroxylation is 2. The molecule has 1 atom stereocenters. The molecule has 0 amide bonds. The van der Waals surface area contributed by atoms with E-state index < -0.39 is 0 Å². The summed E-state index contributed by atoms with van der Waals surface area (Å²) in [5.74, 6) is 0.828. The van der Waals surface area contributed by atoms with E-state index in [4.69, 9.17) is 10.5 Å². The Balaban J connectivity index is 2.07.